The van der Waals surface area contributed by atoms with Crippen LogP contribution in [0.2, 0.25) is 10.0 Å². The lowest BCUT2D eigenvalue weighted by Crippen LogP contribution is -1.95. The first kappa shape index (κ1) is 17.8. The van der Waals surface area contributed by atoms with Crippen LogP contribution in [-0.4, -0.2) is 13.7 Å². The topological polar surface area (TPSA) is 42.2 Å². The van der Waals surface area contributed by atoms with E-state index in [0.29, 0.717) is 26.9 Å². The predicted molar refractivity (Wildman–Crippen MR) is 97.3 cm³/mol. The van der Waals surface area contributed by atoms with E-state index in [0.717, 1.165) is 11.3 Å². The van der Waals surface area contributed by atoms with E-state index in [9.17, 15) is 5.26 Å². The summed E-state index contributed by atoms with van der Waals surface area (Å²) in [7, 11) is 1.59. The van der Waals surface area contributed by atoms with Gasteiger partial charge in [0.25, 0.3) is 0 Å². The summed E-state index contributed by atoms with van der Waals surface area (Å²) >= 11 is 12.4. The third-order valence-corrected chi connectivity index (χ3v) is 3.71. The SMILES string of the molecule is C#CCOc1c(Cl)cc(/C=C(\C#N)c2ccc(OC)cc2)cc1Cl. The van der Waals surface area contributed by atoms with Crippen LogP contribution in [0.3, 0.4) is 0 Å². The van der Waals surface area contributed by atoms with Gasteiger partial charge in [-0.2, -0.15) is 5.26 Å². The molecule has 0 atom stereocenters. The smallest absolute Gasteiger partial charge is 0.157 e. The van der Waals surface area contributed by atoms with Crippen molar-refractivity contribution < 1.29 is 9.47 Å². The molecule has 0 amide bonds. The molecule has 0 heterocycles. The number of nitriles is 1. The highest BCUT2D eigenvalue weighted by atomic mass is 35.5. The molecule has 5 heteroatoms. The van der Waals surface area contributed by atoms with Crippen molar-refractivity contribution in [2.45, 2.75) is 0 Å². The molecule has 0 aliphatic carbocycles. The predicted octanol–water partition coefficient (Wildman–Crippen LogP) is 5.08. The molecule has 0 aliphatic rings. The van der Waals surface area contributed by atoms with Crippen LogP contribution in [-0.2, 0) is 0 Å². The summed E-state index contributed by atoms with van der Waals surface area (Å²) in [5.41, 5.74) is 1.92. The third kappa shape index (κ3) is 4.24. The van der Waals surface area contributed by atoms with Crippen molar-refractivity contribution in [1.29, 1.82) is 5.26 Å². The number of methoxy groups -OCH3 is 1. The van der Waals surface area contributed by atoms with E-state index in [1.807, 2.05) is 12.1 Å². The van der Waals surface area contributed by atoms with Crippen LogP contribution in [0.5, 0.6) is 11.5 Å². The molecule has 2 aromatic carbocycles. The van der Waals surface area contributed by atoms with Crippen molar-refractivity contribution in [3.05, 3.63) is 57.6 Å². The van der Waals surface area contributed by atoms with Gasteiger partial charge in [-0.3, -0.25) is 0 Å². The molecule has 0 saturated heterocycles. The lowest BCUT2D eigenvalue weighted by atomic mass is 10.0. The second kappa shape index (κ2) is 8.31. The molecule has 0 bridgehead atoms. The van der Waals surface area contributed by atoms with E-state index in [1.165, 1.54) is 0 Å². The zero-order valence-corrected chi connectivity index (χ0v) is 14.4. The largest absolute Gasteiger partial charge is 0.497 e. The number of ether oxygens (including phenoxy) is 2. The highest BCUT2D eigenvalue weighted by Crippen LogP contribution is 2.35. The Morgan fingerprint density at radius 2 is 1.83 bits per heavy atom. The first-order chi connectivity index (χ1) is 11.6. The highest BCUT2D eigenvalue weighted by Gasteiger charge is 2.10. The number of benzene rings is 2. The fourth-order valence-corrected chi connectivity index (χ4v) is 2.65. The molecular formula is C19H13Cl2NO2. The standard InChI is InChI=1S/C19H13Cl2NO2/c1-3-8-24-19-17(20)10-13(11-18(19)21)9-15(12-22)14-4-6-16(23-2)7-5-14/h1,4-7,9-11H,8H2,2H3/b15-9+. The number of rotatable bonds is 5. The van der Waals surface area contributed by atoms with Crippen LogP contribution < -0.4 is 9.47 Å². The summed E-state index contributed by atoms with van der Waals surface area (Å²) in [6.45, 7) is 0.0733. The van der Waals surface area contributed by atoms with Crippen molar-refractivity contribution in [2.75, 3.05) is 13.7 Å². The van der Waals surface area contributed by atoms with E-state index < -0.39 is 0 Å². The molecule has 0 radical (unpaired) electrons. The van der Waals surface area contributed by atoms with Gasteiger partial charge in [0.1, 0.15) is 12.4 Å². The molecule has 2 rings (SSSR count). The van der Waals surface area contributed by atoms with Crippen molar-refractivity contribution in [2.24, 2.45) is 0 Å². The Labute approximate surface area is 151 Å². The summed E-state index contributed by atoms with van der Waals surface area (Å²) in [4.78, 5) is 0. The Hall–Kier alpha value is -2.59. The van der Waals surface area contributed by atoms with Crippen LogP contribution in [0, 0.1) is 23.7 Å². The number of hydrogen-bond donors (Lipinski definition) is 0. The minimum absolute atomic E-state index is 0.0733. The first-order valence-electron chi connectivity index (χ1n) is 6.90. The van der Waals surface area contributed by atoms with Crippen molar-refractivity contribution in [3.8, 4) is 29.9 Å². The van der Waals surface area contributed by atoms with Gasteiger partial charge in [0.05, 0.1) is 28.8 Å². The Kier molecular flexibility index (Phi) is 6.15. The molecule has 2 aromatic rings. The van der Waals surface area contributed by atoms with E-state index in [1.54, 1.807) is 37.5 Å². The Balaban J connectivity index is 2.37. The normalized spacial score (nSPS) is 10.6. The van der Waals surface area contributed by atoms with Gasteiger partial charge in [-0.15, -0.1) is 6.42 Å². The molecule has 24 heavy (non-hydrogen) atoms. The molecular weight excluding hydrogens is 345 g/mol. The molecule has 3 nitrogen and oxygen atoms in total. The van der Waals surface area contributed by atoms with E-state index in [4.69, 9.17) is 39.1 Å². The summed E-state index contributed by atoms with van der Waals surface area (Å²) in [6, 6.07) is 12.7. The van der Waals surface area contributed by atoms with Crippen LogP contribution in [0.4, 0.5) is 0 Å². The lowest BCUT2D eigenvalue weighted by Gasteiger charge is -2.09. The molecule has 0 unspecified atom stereocenters. The van der Waals surface area contributed by atoms with Crippen LogP contribution in [0.25, 0.3) is 11.6 Å². The Morgan fingerprint density at radius 1 is 1.21 bits per heavy atom. The first-order valence-corrected chi connectivity index (χ1v) is 7.66. The highest BCUT2D eigenvalue weighted by molar-refractivity contribution is 6.37. The second-order valence-corrected chi connectivity index (χ2v) is 5.52. The maximum absolute atomic E-state index is 9.41. The van der Waals surface area contributed by atoms with Crippen LogP contribution in [0.1, 0.15) is 11.1 Å². The van der Waals surface area contributed by atoms with E-state index >= 15 is 0 Å². The minimum Gasteiger partial charge on any atom is -0.497 e. The summed E-state index contributed by atoms with van der Waals surface area (Å²) in [5, 5.41) is 10.1. The summed E-state index contributed by atoms with van der Waals surface area (Å²) in [5.74, 6) is 3.40. The fourth-order valence-electron chi connectivity index (χ4n) is 2.03. The van der Waals surface area contributed by atoms with E-state index in [2.05, 4.69) is 12.0 Å². The molecule has 0 N–H and O–H groups in total. The second-order valence-electron chi connectivity index (χ2n) is 4.70. The van der Waals surface area contributed by atoms with Gasteiger partial charge in [0, 0.05) is 0 Å². The van der Waals surface area contributed by atoms with Gasteiger partial charge in [0.2, 0.25) is 0 Å². The van der Waals surface area contributed by atoms with Gasteiger partial charge >= 0.3 is 0 Å². The average molecular weight is 358 g/mol. The quantitative estimate of drug-likeness (QED) is 0.425. The maximum atomic E-state index is 9.41. The molecule has 0 fully saturated rings. The molecule has 0 saturated carbocycles. The number of halogens is 2. The van der Waals surface area contributed by atoms with Gasteiger partial charge in [0.15, 0.2) is 5.75 Å². The fraction of sp³-hybridized carbons (Fsp3) is 0.105. The van der Waals surface area contributed by atoms with Crippen LogP contribution >= 0.6 is 23.2 Å². The van der Waals surface area contributed by atoms with Gasteiger partial charge < -0.3 is 9.47 Å². The lowest BCUT2D eigenvalue weighted by molar-refractivity contribution is 0.371. The van der Waals surface area contributed by atoms with Crippen molar-refractivity contribution in [3.63, 3.8) is 0 Å². The number of allylic oxidation sites excluding steroid dienone is 1. The number of hydrogen-bond acceptors (Lipinski definition) is 3. The Bertz CT molecular complexity index is 820. The monoisotopic (exact) mass is 357 g/mol. The zero-order valence-electron chi connectivity index (χ0n) is 12.8. The van der Waals surface area contributed by atoms with Gasteiger partial charge in [-0.25, -0.2) is 0 Å². The molecule has 0 aliphatic heterocycles. The van der Waals surface area contributed by atoms with Crippen molar-refractivity contribution in [1.82, 2.24) is 0 Å². The average Bonchev–Trinajstić information content (AvgIpc) is 2.59. The van der Waals surface area contributed by atoms with Gasteiger partial charge in [-0.05, 0) is 53.6 Å². The summed E-state index contributed by atoms with van der Waals surface area (Å²) < 4.78 is 10.4. The molecule has 0 aromatic heterocycles. The van der Waals surface area contributed by atoms with E-state index in [-0.39, 0.29) is 6.61 Å². The zero-order chi connectivity index (χ0) is 17.5. The number of nitrogens with zero attached hydrogens (tertiary/aromatic N) is 1. The van der Waals surface area contributed by atoms with Crippen LogP contribution in [0.15, 0.2) is 36.4 Å². The summed E-state index contributed by atoms with van der Waals surface area (Å²) in [6.07, 6.45) is 6.86. The molecule has 120 valence electrons. The van der Waals surface area contributed by atoms with Gasteiger partial charge in [-0.1, -0.05) is 29.1 Å². The van der Waals surface area contributed by atoms with Crippen molar-refractivity contribution >= 4 is 34.9 Å². The maximum Gasteiger partial charge on any atom is 0.157 e. The Morgan fingerprint density at radius 3 is 2.33 bits per heavy atom. The minimum atomic E-state index is 0.0733. The number of terminal acetylenes is 1. The molecule has 0 spiro atoms. The third-order valence-electron chi connectivity index (χ3n) is 3.15.